The molecule has 2 aliphatic carbocycles. The van der Waals surface area contributed by atoms with Crippen molar-refractivity contribution in [3.05, 3.63) is 47.2 Å². The number of hydrogen-bond donors (Lipinski definition) is 1. The van der Waals surface area contributed by atoms with Gasteiger partial charge in [-0.2, -0.15) is 26.3 Å². The number of halogens is 6. The number of nitrogens with zero attached hydrogens (tertiary/aromatic N) is 1. The Kier molecular flexibility index (Phi) is 7.85. The molecule has 0 saturated heterocycles. The Hall–Kier alpha value is -2.65. The number of carbonyl (C=O) groups excluding carboxylic acids is 2. The second-order valence-electron chi connectivity index (χ2n) is 10.4. The summed E-state index contributed by atoms with van der Waals surface area (Å²) in [6.45, 7) is 0. The van der Waals surface area contributed by atoms with Gasteiger partial charge in [-0.1, -0.05) is 36.8 Å². The maximum absolute atomic E-state index is 13.5. The highest BCUT2D eigenvalue weighted by Gasteiger charge is 2.57. The molecule has 0 bridgehead atoms. The van der Waals surface area contributed by atoms with Crippen LogP contribution in [0, 0.1) is 23.7 Å². The lowest BCUT2D eigenvalue weighted by atomic mass is 9.68. The van der Waals surface area contributed by atoms with E-state index in [1.54, 1.807) is 0 Å². The summed E-state index contributed by atoms with van der Waals surface area (Å²) in [5.41, 5.74) is 8.00. The second-order valence-corrected chi connectivity index (χ2v) is 10.4. The van der Waals surface area contributed by atoms with Gasteiger partial charge in [0.25, 0.3) is 0 Å². The first-order valence-electron chi connectivity index (χ1n) is 12.7. The zero-order valence-corrected chi connectivity index (χ0v) is 20.2. The van der Waals surface area contributed by atoms with Crippen molar-refractivity contribution in [3.8, 4) is 0 Å². The van der Waals surface area contributed by atoms with Crippen LogP contribution >= 0.6 is 0 Å². The molecule has 1 aromatic carbocycles. The Morgan fingerprint density at radius 3 is 2.22 bits per heavy atom. The van der Waals surface area contributed by atoms with Gasteiger partial charge < -0.3 is 5.73 Å². The van der Waals surface area contributed by atoms with Crippen LogP contribution in [-0.2, 0) is 9.59 Å². The standard InChI is InChI=1S/C27H30F6N2O2/c28-26(29,30)23(27(31,32)33)14-22(36)17-10-5-11-18-21(12-17)35-25(34)20(24(18)37)13-19(16-8-4-9-16)15-6-2-1-3-7-15/h1-3,6-7,16-17,19-20,23H,4-5,8-14H2,(H2,34,35). The lowest BCUT2D eigenvalue weighted by Crippen LogP contribution is -2.39. The molecule has 0 spiro atoms. The van der Waals surface area contributed by atoms with Gasteiger partial charge in [0.1, 0.15) is 11.6 Å². The molecule has 1 saturated carbocycles. The summed E-state index contributed by atoms with van der Waals surface area (Å²) in [6.07, 6.45) is -8.59. The average molecular weight is 529 g/mol. The number of aliphatic imine (C=N–C) groups is 1. The zero-order chi connectivity index (χ0) is 27.0. The highest BCUT2D eigenvalue weighted by Crippen LogP contribution is 2.46. The van der Waals surface area contributed by atoms with E-state index in [1.807, 2.05) is 30.3 Å². The Labute approximate surface area is 211 Å². The summed E-state index contributed by atoms with van der Waals surface area (Å²) >= 11 is 0. The summed E-state index contributed by atoms with van der Waals surface area (Å²) in [6, 6.07) is 9.89. The van der Waals surface area contributed by atoms with E-state index in [-0.39, 0.29) is 42.5 Å². The topological polar surface area (TPSA) is 72.5 Å². The van der Waals surface area contributed by atoms with Gasteiger partial charge in [-0.3, -0.25) is 9.59 Å². The summed E-state index contributed by atoms with van der Waals surface area (Å²) in [5.74, 6) is -6.09. The third-order valence-electron chi connectivity index (χ3n) is 8.09. The summed E-state index contributed by atoms with van der Waals surface area (Å²) in [7, 11) is 0. The van der Waals surface area contributed by atoms with E-state index in [2.05, 4.69) is 4.99 Å². The van der Waals surface area contributed by atoms with Crippen molar-refractivity contribution in [2.45, 2.75) is 76.1 Å². The molecule has 1 aliphatic heterocycles. The van der Waals surface area contributed by atoms with E-state index in [0.717, 1.165) is 24.8 Å². The van der Waals surface area contributed by atoms with E-state index in [0.29, 0.717) is 24.3 Å². The highest BCUT2D eigenvalue weighted by atomic mass is 19.4. The minimum absolute atomic E-state index is 0.0936. The van der Waals surface area contributed by atoms with E-state index < -0.39 is 42.3 Å². The van der Waals surface area contributed by atoms with Crippen LogP contribution in [0.1, 0.15) is 69.3 Å². The molecule has 4 nitrogen and oxygen atoms in total. The number of ketones is 2. The molecule has 3 unspecified atom stereocenters. The molecule has 10 heteroatoms. The Morgan fingerprint density at radius 1 is 1.00 bits per heavy atom. The first kappa shape index (κ1) is 27.4. The molecule has 1 heterocycles. The number of carbonyl (C=O) groups is 2. The molecular weight excluding hydrogens is 498 g/mol. The first-order valence-corrected chi connectivity index (χ1v) is 12.7. The molecule has 0 aromatic heterocycles. The molecule has 202 valence electrons. The normalized spacial score (nSPS) is 24.3. The number of hydrogen-bond acceptors (Lipinski definition) is 4. The monoisotopic (exact) mass is 528 g/mol. The lowest BCUT2D eigenvalue weighted by Gasteiger charge is -2.36. The molecule has 37 heavy (non-hydrogen) atoms. The predicted octanol–water partition coefficient (Wildman–Crippen LogP) is 6.66. The highest BCUT2D eigenvalue weighted by molar-refractivity contribution is 6.13. The van der Waals surface area contributed by atoms with Crippen LogP contribution in [0.2, 0.25) is 0 Å². The number of alkyl halides is 6. The van der Waals surface area contributed by atoms with E-state index in [9.17, 15) is 35.9 Å². The largest absolute Gasteiger partial charge is 0.400 e. The van der Waals surface area contributed by atoms with Crippen LogP contribution in [0.4, 0.5) is 26.3 Å². The van der Waals surface area contributed by atoms with Crippen molar-refractivity contribution in [2.24, 2.45) is 34.4 Å². The minimum Gasteiger partial charge on any atom is -0.387 e. The van der Waals surface area contributed by atoms with Crippen LogP contribution in [0.25, 0.3) is 0 Å². The second kappa shape index (κ2) is 10.6. The van der Waals surface area contributed by atoms with Crippen molar-refractivity contribution in [1.29, 1.82) is 0 Å². The maximum atomic E-state index is 13.5. The molecule has 1 fully saturated rings. The number of nitrogens with two attached hydrogens (primary N) is 1. The van der Waals surface area contributed by atoms with Gasteiger partial charge in [0.15, 0.2) is 11.7 Å². The minimum atomic E-state index is -5.57. The third-order valence-corrected chi connectivity index (χ3v) is 8.09. The lowest BCUT2D eigenvalue weighted by molar-refractivity contribution is -0.284. The van der Waals surface area contributed by atoms with Gasteiger partial charge in [-0.05, 0) is 62.3 Å². The van der Waals surface area contributed by atoms with Crippen LogP contribution in [0.3, 0.4) is 0 Å². The average Bonchev–Trinajstić information content (AvgIpc) is 2.99. The fourth-order valence-corrected chi connectivity index (χ4v) is 5.77. The van der Waals surface area contributed by atoms with E-state index in [1.165, 1.54) is 0 Å². The Bertz CT molecular complexity index is 1060. The zero-order valence-electron chi connectivity index (χ0n) is 20.2. The fraction of sp³-hybridized carbons (Fsp3) is 0.593. The van der Waals surface area contributed by atoms with Crippen molar-refractivity contribution in [2.75, 3.05) is 0 Å². The predicted molar refractivity (Wildman–Crippen MR) is 125 cm³/mol. The van der Waals surface area contributed by atoms with Gasteiger partial charge >= 0.3 is 12.4 Å². The molecular formula is C27H30F6N2O2. The summed E-state index contributed by atoms with van der Waals surface area (Å²) in [4.78, 5) is 30.5. The molecule has 0 amide bonds. The fourth-order valence-electron chi connectivity index (χ4n) is 5.77. The Morgan fingerprint density at radius 2 is 1.65 bits per heavy atom. The molecule has 4 rings (SSSR count). The number of allylic oxidation sites excluding steroid dienone is 2. The molecule has 3 aliphatic rings. The van der Waals surface area contributed by atoms with Crippen LogP contribution in [0.5, 0.6) is 0 Å². The van der Waals surface area contributed by atoms with E-state index in [4.69, 9.17) is 5.73 Å². The quantitative estimate of drug-likeness (QED) is 0.402. The first-order chi connectivity index (χ1) is 17.4. The third kappa shape index (κ3) is 6.09. The molecule has 2 N–H and O–H groups in total. The van der Waals surface area contributed by atoms with Crippen molar-refractivity contribution >= 4 is 17.4 Å². The van der Waals surface area contributed by atoms with Crippen LogP contribution in [-0.4, -0.2) is 29.8 Å². The van der Waals surface area contributed by atoms with Gasteiger partial charge in [0, 0.05) is 23.6 Å². The summed E-state index contributed by atoms with van der Waals surface area (Å²) < 4.78 is 77.9. The molecule has 0 radical (unpaired) electrons. The number of benzene rings is 1. The van der Waals surface area contributed by atoms with Gasteiger partial charge in [0.2, 0.25) is 0 Å². The summed E-state index contributed by atoms with van der Waals surface area (Å²) in [5, 5.41) is 0. The van der Waals surface area contributed by atoms with E-state index >= 15 is 0 Å². The number of amidine groups is 1. The molecule has 1 aromatic rings. The molecule has 3 atom stereocenters. The van der Waals surface area contributed by atoms with Gasteiger partial charge in [-0.15, -0.1) is 0 Å². The number of Topliss-reactive ketones (excluding diaryl/α,β-unsaturated/α-hetero) is 2. The Balaban J connectivity index is 1.51. The van der Waals surface area contributed by atoms with Crippen molar-refractivity contribution in [3.63, 3.8) is 0 Å². The maximum Gasteiger partial charge on any atom is 0.400 e. The van der Waals surface area contributed by atoms with Crippen LogP contribution < -0.4 is 5.73 Å². The van der Waals surface area contributed by atoms with Gasteiger partial charge in [-0.25, -0.2) is 4.99 Å². The number of rotatable bonds is 7. The van der Waals surface area contributed by atoms with Gasteiger partial charge in [0.05, 0.1) is 5.92 Å². The smallest absolute Gasteiger partial charge is 0.387 e. The van der Waals surface area contributed by atoms with Crippen molar-refractivity contribution < 1.29 is 35.9 Å². The van der Waals surface area contributed by atoms with Crippen molar-refractivity contribution in [1.82, 2.24) is 0 Å². The SMILES string of the molecule is NC1=NC2=C(CCCC(C(=O)CC(C(F)(F)F)C(F)(F)F)C2)C(=O)C1CC(c1ccccc1)C1CCC1. The van der Waals surface area contributed by atoms with Crippen LogP contribution in [0.15, 0.2) is 46.6 Å².